The van der Waals surface area contributed by atoms with Crippen LogP contribution in [0.3, 0.4) is 0 Å². The highest BCUT2D eigenvalue weighted by molar-refractivity contribution is 6.30. The van der Waals surface area contributed by atoms with Gasteiger partial charge in [-0.1, -0.05) is 23.7 Å². The zero-order chi connectivity index (χ0) is 16.4. The van der Waals surface area contributed by atoms with Crippen LogP contribution in [0.25, 0.3) is 0 Å². The van der Waals surface area contributed by atoms with Gasteiger partial charge in [0.15, 0.2) is 0 Å². The van der Waals surface area contributed by atoms with Crippen LogP contribution < -0.4 is 0 Å². The molecule has 6 heteroatoms. The Kier molecular flexibility index (Phi) is 4.59. The van der Waals surface area contributed by atoms with E-state index in [4.69, 9.17) is 11.6 Å². The quantitative estimate of drug-likeness (QED) is 0.600. The van der Waals surface area contributed by atoms with Crippen LogP contribution in [0, 0.1) is 15.9 Å². The number of nitro benzene ring substituents is 1. The first-order valence-electron chi connectivity index (χ1n) is 7.47. The van der Waals surface area contributed by atoms with Crippen LogP contribution in [-0.4, -0.2) is 16.4 Å². The summed E-state index contributed by atoms with van der Waals surface area (Å²) in [5.74, 6) is -0.451. The Morgan fingerprint density at radius 2 is 2.00 bits per heavy atom. The Bertz CT molecular complexity index is 721. The number of nitrogens with zero attached hydrogens (tertiary/aromatic N) is 2. The molecule has 3 rings (SSSR count). The maximum absolute atomic E-state index is 13.5. The highest BCUT2D eigenvalue weighted by Gasteiger charge is 2.28. The smallest absolute Gasteiger partial charge is 0.274 e. The third-order valence-electron chi connectivity index (χ3n) is 4.23. The largest absolute Gasteiger partial charge is 0.292 e. The first-order chi connectivity index (χ1) is 11.0. The molecule has 0 saturated carbocycles. The van der Waals surface area contributed by atoms with Crippen LogP contribution in [0.5, 0.6) is 0 Å². The van der Waals surface area contributed by atoms with E-state index in [0.29, 0.717) is 17.1 Å². The minimum atomic E-state index is -0.456. The molecule has 0 spiro atoms. The summed E-state index contributed by atoms with van der Waals surface area (Å²) in [5, 5.41) is 11.8. The van der Waals surface area contributed by atoms with Gasteiger partial charge in [-0.15, -0.1) is 0 Å². The number of hydrogen-bond acceptors (Lipinski definition) is 3. The number of benzene rings is 2. The van der Waals surface area contributed by atoms with Crippen molar-refractivity contribution in [1.82, 2.24) is 4.90 Å². The Labute approximate surface area is 138 Å². The van der Waals surface area contributed by atoms with E-state index >= 15 is 0 Å². The number of halogens is 2. The van der Waals surface area contributed by atoms with Crippen molar-refractivity contribution in [3.8, 4) is 0 Å². The third-order valence-corrected chi connectivity index (χ3v) is 4.48. The molecular weight excluding hydrogens is 319 g/mol. The van der Waals surface area contributed by atoms with Gasteiger partial charge in [0.25, 0.3) is 5.69 Å². The highest BCUT2D eigenvalue weighted by Crippen LogP contribution is 2.35. The molecule has 1 aliphatic rings. The molecule has 23 heavy (non-hydrogen) atoms. The second kappa shape index (κ2) is 6.64. The SMILES string of the molecule is O=[N+]([O-])c1ccc(F)cc1CN1CCCC1c1ccc(Cl)cc1. The predicted octanol–water partition coefficient (Wildman–Crippen LogP) is 4.72. The van der Waals surface area contributed by atoms with Crippen molar-refractivity contribution in [3.05, 3.63) is 74.5 Å². The van der Waals surface area contributed by atoms with E-state index in [-0.39, 0.29) is 11.7 Å². The van der Waals surface area contributed by atoms with Gasteiger partial charge in [-0.25, -0.2) is 4.39 Å². The average Bonchev–Trinajstić information content (AvgIpc) is 2.96. The lowest BCUT2D eigenvalue weighted by molar-refractivity contribution is -0.385. The second-order valence-corrected chi connectivity index (χ2v) is 6.15. The molecule has 1 atom stereocenters. The van der Waals surface area contributed by atoms with E-state index < -0.39 is 10.7 Å². The average molecular weight is 335 g/mol. The topological polar surface area (TPSA) is 46.4 Å². The lowest BCUT2D eigenvalue weighted by Crippen LogP contribution is -2.23. The molecule has 0 bridgehead atoms. The summed E-state index contributed by atoms with van der Waals surface area (Å²) < 4.78 is 13.5. The molecule has 2 aromatic carbocycles. The van der Waals surface area contributed by atoms with Crippen molar-refractivity contribution < 1.29 is 9.31 Å². The standard InChI is InChI=1S/C17H16ClFN2O2/c18-14-5-3-12(4-6-14)16-2-1-9-20(16)11-13-10-15(19)7-8-17(13)21(22)23/h3-8,10,16H,1-2,9,11H2. The van der Waals surface area contributed by atoms with Gasteiger partial charge >= 0.3 is 0 Å². The Balaban J connectivity index is 1.86. The summed E-state index contributed by atoms with van der Waals surface area (Å²) in [6.07, 6.45) is 1.99. The summed E-state index contributed by atoms with van der Waals surface area (Å²) in [7, 11) is 0. The molecule has 1 fully saturated rings. The summed E-state index contributed by atoms with van der Waals surface area (Å²) in [4.78, 5) is 12.8. The van der Waals surface area contributed by atoms with E-state index in [0.717, 1.165) is 31.0 Å². The van der Waals surface area contributed by atoms with Gasteiger partial charge in [0.1, 0.15) is 5.82 Å². The summed E-state index contributed by atoms with van der Waals surface area (Å²) in [6, 6.07) is 11.4. The van der Waals surface area contributed by atoms with Gasteiger partial charge < -0.3 is 0 Å². The molecule has 1 heterocycles. The van der Waals surface area contributed by atoms with E-state index in [1.54, 1.807) is 0 Å². The number of rotatable bonds is 4. The Hall–Kier alpha value is -1.98. The Morgan fingerprint density at radius 1 is 1.26 bits per heavy atom. The maximum Gasteiger partial charge on any atom is 0.274 e. The molecule has 0 radical (unpaired) electrons. The molecule has 0 amide bonds. The van der Waals surface area contributed by atoms with Crippen molar-refractivity contribution in [2.75, 3.05) is 6.54 Å². The van der Waals surface area contributed by atoms with Gasteiger partial charge in [0.2, 0.25) is 0 Å². The van der Waals surface area contributed by atoms with Gasteiger partial charge in [0, 0.05) is 29.2 Å². The summed E-state index contributed by atoms with van der Waals surface area (Å²) in [6.45, 7) is 1.20. The molecular formula is C17H16ClFN2O2. The minimum absolute atomic E-state index is 0.0341. The van der Waals surface area contributed by atoms with Gasteiger partial charge in [-0.2, -0.15) is 0 Å². The molecule has 0 aromatic heterocycles. The third kappa shape index (κ3) is 3.51. The van der Waals surface area contributed by atoms with E-state index in [1.807, 2.05) is 24.3 Å². The molecule has 0 N–H and O–H groups in total. The first kappa shape index (κ1) is 15.9. The second-order valence-electron chi connectivity index (χ2n) is 5.71. The molecule has 4 nitrogen and oxygen atoms in total. The fourth-order valence-corrected chi connectivity index (χ4v) is 3.28. The normalized spacial score (nSPS) is 18.3. The summed E-state index contributed by atoms with van der Waals surface area (Å²) in [5.41, 5.74) is 1.51. The fourth-order valence-electron chi connectivity index (χ4n) is 3.16. The van der Waals surface area contributed by atoms with Crippen molar-refractivity contribution in [2.24, 2.45) is 0 Å². The zero-order valence-corrected chi connectivity index (χ0v) is 13.2. The van der Waals surface area contributed by atoms with Gasteiger partial charge in [-0.05, 0) is 49.2 Å². The van der Waals surface area contributed by atoms with Gasteiger partial charge in [0.05, 0.1) is 4.92 Å². The lowest BCUT2D eigenvalue weighted by atomic mass is 10.0. The van der Waals surface area contributed by atoms with Crippen LogP contribution in [-0.2, 0) is 6.54 Å². The summed E-state index contributed by atoms with van der Waals surface area (Å²) >= 11 is 5.93. The van der Waals surface area contributed by atoms with Crippen LogP contribution in [0.1, 0.15) is 30.0 Å². The van der Waals surface area contributed by atoms with Crippen molar-refractivity contribution in [3.63, 3.8) is 0 Å². The highest BCUT2D eigenvalue weighted by atomic mass is 35.5. The van der Waals surface area contributed by atoms with E-state index in [1.165, 1.54) is 12.1 Å². The Morgan fingerprint density at radius 3 is 2.70 bits per heavy atom. The minimum Gasteiger partial charge on any atom is -0.292 e. The molecule has 1 unspecified atom stereocenters. The van der Waals surface area contributed by atoms with Crippen LogP contribution in [0.2, 0.25) is 5.02 Å². The zero-order valence-electron chi connectivity index (χ0n) is 12.4. The van der Waals surface area contributed by atoms with Crippen molar-refractivity contribution >= 4 is 17.3 Å². The van der Waals surface area contributed by atoms with Crippen LogP contribution >= 0.6 is 11.6 Å². The number of hydrogen-bond donors (Lipinski definition) is 0. The maximum atomic E-state index is 13.5. The van der Waals surface area contributed by atoms with E-state index in [2.05, 4.69) is 4.90 Å². The monoisotopic (exact) mass is 334 g/mol. The lowest BCUT2D eigenvalue weighted by Gasteiger charge is -2.25. The number of nitro groups is 1. The molecule has 1 aliphatic heterocycles. The fraction of sp³-hybridized carbons (Fsp3) is 0.294. The van der Waals surface area contributed by atoms with Crippen molar-refractivity contribution in [1.29, 1.82) is 0 Å². The van der Waals surface area contributed by atoms with Crippen molar-refractivity contribution in [2.45, 2.75) is 25.4 Å². The predicted molar refractivity (Wildman–Crippen MR) is 86.9 cm³/mol. The van der Waals surface area contributed by atoms with Crippen LogP contribution in [0.4, 0.5) is 10.1 Å². The van der Waals surface area contributed by atoms with Crippen LogP contribution in [0.15, 0.2) is 42.5 Å². The molecule has 1 saturated heterocycles. The van der Waals surface area contributed by atoms with E-state index in [9.17, 15) is 14.5 Å². The molecule has 0 aliphatic carbocycles. The molecule has 2 aromatic rings. The molecule has 120 valence electrons. The first-order valence-corrected chi connectivity index (χ1v) is 7.85. The number of likely N-dealkylation sites (tertiary alicyclic amines) is 1. The van der Waals surface area contributed by atoms with Gasteiger partial charge in [-0.3, -0.25) is 15.0 Å².